The Balaban J connectivity index is 1.88. The van der Waals surface area contributed by atoms with Crippen molar-refractivity contribution in [1.29, 1.82) is 0 Å². The lowest BCUT2D eigenvalue weighted by atomic mass is 10.0. The van der Waals surface area contributed by atoms with Crippen molar-refractivity contribution in [2.45, 2.75) is 38.6 Å². The molecule has 114 valence electrons. The molecule has 1 rings (SSSR count). The highest BCUT2D eigenvalue weighted by Crippen LogP contribution is 2.13. The maximum atomic E-state index is 5.32. The lowest BCUT2D eigenvalue weighted by molar-refractivity contribution is 0.141. The van der Waals surface area contributed by atoms with E-state index >= 15 is 0 Å². The van der Waals surface area contributed by atoms with Crippen molar-refractivity contribution in [2.75, 3.05) is 60.0 Å². The fourth-order valence-electron chi connectivity index (χ4n) is 2.62. The molecule has 1 heterocycles. The van der Waals surface area contributed by atoms with Gasteiger partial charge in [-0.05, 0) is 66.3 Å². The van der Waals surface area contributed by atoms with Crippen LogP contribution in [-0.2, 0) is 4.74 Å². The minimum Gasteiger partial charge on any atom is -0.382 e. The summed E-state index contributed by atoms with van der Waals surface area (Å²) in [5, 5.41) is 3.54. The summed E-state index contributed by atoms with van der Waals surface area (Å²) < 4.78 is 5.32. The number of unbranched alkanes of at least 4 members (excludes halogenated alkanes) is 1. The Hall–Kier alpha value is -0.160. The first kappa shape index (κ1) is 16.9. The van der Waals surface area contributed by atoms with Gasteiger partial charge in [-0.2, -0.15) is 0 Å². The van der Waals surface area contributed by atoms with Crippen molar-refractivity contribution < 1.29 is 4.74 Å². The lowest BCUT2D eigenvalue weighted by Crippen LogP contribution is -2.44. The number of nitrogens with zero attached hydrogens (tertiary/aromatic N) is 2. The molecule has 0 aromatic heterocycles. The van der Waals surface area contributed by atoms with Crippen molar-refractivity contribution in [3.63, 3.8) is 0 Å². The fourth-order valence-corrected chi connectivity index (χ4v) is 2.62. The molecule has 0 atom stereocenters. The largest absolute Gasteiger partial charge is 0.382 e. The van der Waals surface area contributed by atoms with Gasteiger partial charge in [0.05, 0.1) is 0 Å². The summed E-state index contributed by atoms with van der Waals surface area (Å²) >= 11 is 0. The van der Waals surface area contributed by atoms with Gasteiger partial charge in [-0.25, -0.2) is 0 Å². The van der Waals surface area contributed by atoms with Gasteiger partial charge in [0.1, 0.15) is 0 Å². The highest BCUT2D eigenvalue weighted by Gasteiger charge is 2.19. The average Bonchev–Trinajstić information content (AvgIpc) is 2.42. The first-order valence-corrected chi connectivity index (χ1v) is 7.91. The van der Waals surface area contributed by atoms with Crippen molar-refractivity contribution >= 4 is 0 Å². The predicted octanol–water partition coefficient (Wildman–Crippen LogP) is 1.42. The van der Waals surface area contributed by atoms with E-state index in [0.29, 0.717) is 0 Å². The Morgan fingerprint density at radius 2 is 1.89 bits per heavy atom. The summed E-state index contributed by atoms with van der Waals surface area (Å²) in [5.74, 6) is 0. The van der Waals surface area contributed by atoms with Gasteiger partial charge >= 0.3 is 0 Å². The van der Waals surface area contributed by atoms with Crippen LogP contribution in [0.1, 0.15) is 32.6 Å². The van der Waals surface area contributed by atoms with Crippen LogP contribution in [0.4, 0.5) is 0 Å². The summed E-state index contributed by atoms with van der Waals surface area (Å²) in [4.78, 5) is 4.96. The number of rotatable bonds is 10. The average molecular weight is 271 g/mol. The van der Waals surface area contributed by atoms with E-state index in [1.165, 1.54) is 45.3 Å². The molecule has 0 aromatic rings. The van der Waals surface area contributed by atoms with Crippen LogP contribution in [0.15, 0.2) is 0 Å². The molecule has 0 bridgehead atoms. The smallest absolute Gasteiger partial charge is 0.0466 e. The van der Waals surface area contributed by atoms with Crippen LogP contribution < -0.4 is 5.32 Å². The zero-order chi connectivity index (χ0) is 13.9. The molecule has 1 aliphatic heterocycles. The Labute approximate surface area is 119 Å². The van der Waals surface area contributed by atoms with Gasteiger partial charge in [-0.1, -0.05) is 0 Å². The molecule has 0 spiro atoms. The minimum absolute atomic E-state index is 0.794. The Kier molecular flexibility index (Phi) is 9.43. The summed E-state index contributed by atoms with van der Waals surface area (Å²) in [6.07, 6.45) is 5.04. The number of likely N-dealkylation sites (tertiary alicyclic amines) is 1. The molecular formula is C15H33N3O. The number of piperidine rings is 1. The predicted molar refractivity (Wildman–Crippen MR) is 81.7 cm³/mol. The van der Waals surface area contributed by atoms with E-state index in [1.807, 2.05) is 0 Å². The van der Waals surface area contributed by atoms with Gasteiger partial charge in [0.25, 0.3) is 0 Å². The maximum Gasteiger partial charge on any atom is 0.0466 e. The molecule has 19 heavy (non-hydrogen) atoms. The molecule has 0 aliphatic carbocycles. The first-order chi connectivity index (χ1) is 9.24. The summed E-state index contributed by atoms with van der Waals surface area (Å²) in [6, 6.07) is 0.794. The number of hydrogen-bond donors (Lipinski definition) is 1. The molecule has 0 unspecified atom stereocenters. The zero-order valence-electron chi connectivity index (χ0n) is 13.2. The highest BCUT2D eigenvalue weighted by molar-refractivity contribution is 4.77. The monoisotopic (exact) mass is 271 g/mol. The summed E-state index contributed by atoms with van der Waals surface area (Å²) in [5.41, 5.74) is 0. The molecule has 4 nitrogen and oxygen atoms in total. The number of hydrogen-bond acceptors (Lipinski definition) is 4. The molecule has 0 aromatic carbocycles. The van der Waals surface area contributed by atoms with Crippen LogP contribution in [0.25, 0.3) is 0 Å². The second-order valence-electron chi connectivity index (χ2n) is 5.69. The van der Waals surface area contributed by atoms with Crippen LogP contribution in [0.2, 0.25) is 0 Å². The van der Waals surface area contributed by atoms with E-state index in [0.717, 1.165) is 32.3 Å². The minimum atomic E-state index is 0.794. The third-order valence-corrected chi connectivity index (χ3v) is 3.99. The highest BCUT2D eigenvalue weighted by atomic mass is 16.5. The third kappa shape index (κ3) is 7.88. The van der Waals surface area contributed by atoms with E-state index in [-0.39, 0.29) is 0 Å². The van der Waals surface area contributed by atoms with Gasteiger partial charge in [0.15, 0.2) is 0 Å². The van der Waals surface area contributed by atoms with Crippen LogP contribution in [0, 0.1) is 0 Å². The maximum absolute atomic E-state index is 5.32. The SMILES string of the molecule is CCOCCCCNCCN1CCC(N(C)C)CC1. The standard InChI is InChI=1S/C15H33N3O/c1-4-19-14-6-5-9-16-10-13-18-11-7-15(8-12-18)17(2)3/h15-16H,4-14H2,1-3H3. The van der Waals surface area contributed by atoms with Gasteiger partial charge in [0, 0.05) is 32.3 Å². The Morgan fingerprint density at radius 3 is 2.53 bits per heavy atom. The van der Waals surface area contributed by atoms with Crippen LogP contribution in [0.3, 0.4) is 0 Å². The number of nitrogens with one attached hydrogen (secondary N) is 1. The van der Waals surface area contributed by atoms with Gasteiger partial charge in [-0.3, -0.25) is 0 Å². The second-order valence-corrected chi connectivity index (χ2v) is 5.69. The Bertz CT molecular complexity index is 204. The topological polar surface area (TPSA) is 27.7 Å². The van der Waals surface area contributed by atoms with Crippen molar-refractivity contribution in [3.8, 4) is 0 Å². The van der Waals surface area contributed by atoms with Crippen LogP contribution in [0.5, 0.6) is 0 Å². The van der Waals surface area contributed by atoms with E-state index < -0.39 is 0 Å². The quantitative estimate of drug-likeness (QED) is 0.608. The second kappa shape index (κ2) is 10.6. The van der Waals surface area contributed by atoms with E-state index in [9.17, 15) is 0 Å². The van der Waals surface area contributed by atoms with Crippen LogP contribution >= 0.6 is 0 Å². The van der Waals surface area contributed by atoms with E-state index in [4.69, 9.17) is 4.74 Å². The van der Waals surface area contributed by atoms with Gasteiger partial charge in [-0.15, -0.1) is 0 Å². The van der Waals surface area contributed by atoms with Crippen LogP contribution in [-0.4, -0.2) is 75.9 Å². The zero-order valence-corrected chi connectivity index (χ0v) is 13.2. The fraction of sp³-hybridized carbons (Fsp3) is 1.00. The molecule has 0 amide bonds. The molecule has 4 heteroatoms. The molecule has 1 N–H and O–H groups in total. The van der Waals surface area contributed by atoms with E-state index in [1.54, 1.807) is 0 Å². The molecule has 1 fully saturated rings. The molecule has 1 saturated heterocycles. The molecule has 1 aliphatic rings. The summed E-state index contributed by atoms with van der Waals surface area (Å²) in [6.45, 7) is 9.78. The van der Waals surface area contributed by atoms with Crippen molar-refractivity contribution in [2.24, 2.45) is 0 Å². The van der Waals surface area contributed by atoms with Crippen molar-refractivity contribution in [1.82, 2.24) is 15.1 Å². The van der Waals surface area contributed by atoms with Gasteiger partial charge in [0.2, 0.25) is 0 Å². The first-order valence-electron chi connectivity index (χ1n) is 7.91. The number of ether oxygens (including phenoxy) is 1. The normalized spacial score (nSPS) is 18.3. The molecule has 0 saturated carbocycles. The van der Waals surface area contributed by atoms with Crippen molar-refractivity contribution in [3.05, 3.63) is 0 Å². The lowest BCUT2D eigenvalue weighted by Gasteiger charge is -2.35. The van der Waals surface area contributed by atoms with E-state index in [2.05, 4.69) is 36.1 Å². The third-order valence-electron chi connectivity index (χ3n) is 3.99. The van der Waals surface area contributed by atoms with Gasteiger partial charge < -0.3 is 19.9 Å². The Morgan fingerprint density at radius 1 is 1.16 bits per heavy atom. The summed E-state index contributed by atoms with van der Waals surface area (Å²) in [7, 11) is 4.40. The molecular weight excluding hydrogens is 238 g/mol. The molecule has 0 radical (unpaired) electrons.